The smallest absolute Gasteiger partial charge is 0.306 e. The van der Waals surface area contributed by atoms with Gasteiger partial charge in [-0.25, -0.2) is 0 Å². The molecule has 0 saturated heterocycles. The number of carbonyl (C=O) groups is 1. The Hall–Kier alpha value is -3.07. The first-order valence-electron chi connectivity index (χ1n) is 8.72. The van der Waals surface area contributed by atoms with Crippen molar-refractivity contribution in [2.24, 2.45) is 0 Å². The predicted molar refractivity (Wildman–Crippen MR) is 105 cm³/mol. The first-order valence-corrected chi connectivity index (χ1v) is 8.72. The van der Waals surface area contributed by atoms with Gasteiger partial charge >= 0.3 is 5.97 Å². The molecular weight excluding hydrogens is 322 g/mol. The van der Waals surface area contributed by atoms with Gasteiger partial charge in [0.15, 0.2) is 0 Å². The summed E-state index contributed by atoms with van der Waals surface area (Å²) in [5.74, 6) is -0.344. The Kier molecular flexibility index (Phi) is 5.69. The van der Waals surface area contributed by atoms with E-state index in [0.717, 1.165) is 22.4 Å². The lowest BCUT2D eigenvalue weighted by atomic mass is 9.75. The third kappa shape index (κ3) is 3.94. The van der Waals surface area contributed by atoms with E-state index in [1.54, 1.807) is 0 Å². The van der Waals surface area contributed by atoms with Crippen LogP contribution in [-0.2, 0) is 9.53 Å². The second-order valence-electron chi connectivity index (χ2n) is 6.31. The Balaban J connectivity index is 2.16. The number of nitrogens with two attached hydrogens (primary N) is 1. The first kappa shape index (κ1) is 17.7. The molecule has 0 bridgehead atoms. The summed E-state index contributed by atoms with van der Waals surface area (Å²) in [5, 5.41) is 0. The highest BCUT2D eigenvalue weighted by Gasteiger charge is 2.30. The van der Waals surface area contributed by atoms with Crippen molar-refractivity contribution in [3.8, 4) is 0 Å². The lowest BCUT2D eigenvalue weighted by molar-refractivity contribution is -0.141. The van der Waals surface area contributed by atoms with E-state index in [2.05, 4.69) is 24.3 Å². The summed E-state index contributed by atoms with van der Waals surface area (Å²) in [6.45, 7) is 0. The molecule has 26 heavy (non-hydrogen) atoms. The van der Waals surface area contributed by atoms with Crippen LogP contribution in [0.25, 0.3) is 0 Å². The summed E-state index contributed by atoms with van der Waals surface area (Å²) in [6.07, 6.45) is 0.286. The fourth-order valence-electron chi connectivity index (χ4n) is 3.47. The van der Waals surface area contributed by atoms with Crippen molar-refractivity contribution in [2.45, 2.75) is 18.3 Å². The van der Waals surface area contributed by atoms with Crippen LogP contribution >= 0.6 is 0 Å². The van der Waals surface area contributed by atoms with E-state index in [9.17, 15) is 4.79 Å². The predicted octanol–water partition coefficient (Wildman–Crippen LogP) is 4.75. The zero-order chi connectivity index (χ0) is 18.4. The van der Waals surface area contributed by atoms with Crippen LogP contribution in [0.15, 0.2) is 84.9 Å². The summed E-state index contributed by atoms with van der Waals surface area (Å²) in [4.78, 5) is 12.2. The van der Waals surface area contributed by atoms with Gasteiger partial charge in [-0.3, -0.25) is 4.79 Å². The number of para-hydroxylation sites is 1. The van der Waals surface area contributed by atoms with Gasteiger partial charge < -0.3 is 10.5 Å². The van der Waals surface area contributed by atoms with Gasteiger partial charge in [0.1, 0.15) is 0 Å². The summed E-state index contributed by atoms with van der Waals surface area (Å²) in [7, 11) is 1.43. The standard InChI is InChI=1S/C23H23NO2/c1-26-22(25)16-20(17-10-4-2-5-11-17)23(18-12-6-3-7-13-18)19-14-8-9-15-21(19)24/h2-15,20,23H,16,24H2,1H3/t20-,23-/m1/s1. The van der Waals surface area contributed by atoms with E-state index in [1.807, 2.05) is 60.7 Å². The lowest BCUT2D eigenvalue weighted by Gasteiger charge is -2.29. The summed E-state index contributed by atoms with van der Waals surface area (Å²) in [6, 6.07) is 28.2. The minimum Gasteiger partial charge on any atom is -0.469 e. The SMILES string of the molecule is COC(=O)C[C@H](c1ccccc1)[C@H](c1ccccc1)c1ccccc1N. The third-order valence-electron chi connectivity index (χ3n) is 4.73. The van der Waals surface area contributed by atoms with Crippen molar-refractivity contribution in [1.29, 1.82) is 0 Å². The van der Waals surface area contributed by atoms with E-state index in [4.69, 9.17) is 10.5 Å². The minimum absolute atomic E-state index is 0.0427. The van der Waals surface area contributed by atoms with Crippen LogP contribution < -0.4 is 5.73 Å². The van der Waals surface area contributed by atoms with Crippen LogP contribution in [0.5, 0.6) is 0 Å². The summed E-state index contributed by atoms with van der Waals surface area (Å²) >= 11 is 0. The maximum atomic E-state index is 12.2. The number of rotatable bonds is 6. The van der Waals surface area contributed by atoms with Crippen molar-refractivity contribution < 1.29 is 9.53 Å². The number of benzene rings is 3. The van der Waals surface area contributed by atoms with Crippen molar-refractivity contribution in [3.05, 3.63) is 102 Å². The molecule has 132 valence electrons. The van der Waals surface area contributed by atoms with Crippen molar-refractivity contribution >= 4 is 11.7 Å². The van der Waals surface area contributed by atoms with Crippen molar-refractivity contribution in [3.63, 3.8) is 0 Å². The number of carbonyl (C=O) groups excluding carboxylic acids is 1. The van der Waals surface area contributed by atoms with Crippen LogP contribution in [0.1, 0.15) is 34.9 Å². The molecule has 0 amide bonds. The monoisotopic (exact) mass is 345 g/mol. The summed E-state index contributed by atoms with van der Waals surface area (Å²) in [5.41, 5.74) is 10.3. The van der Waals surface area contributed by atoms with Crippen LogP contribution in [0.4, 0.5) is 5.69 Å². The number of ether oxygens (including phenoxy) is 1. The average Bonchev–Trinajstić information content (AvgIpc) is 2.70. The molecule has 0 saturated carbocycles. The van der Waals surface area contributed by atoms with Gasteiger partial charge in [-0.05, 0) is 22.8 Å². The van der Waals surface area contributed by atoms with Gasteiger partial charge in [-0.15, -0.1) is 0 Å². The fourth-order valence-corrected chi connectivity index (χ4v) is 3.47. The molecule has 2 N–H and O–H groups in total. The average molecular weight is 345 g/mol. The fraction of sp³-hybridized carbons (Fsp3) is 0.174. The molecule has 0 fully saturated rings. The summed E-state index contributed by atoms with van der Waals surface area (Å²) < 4.78 is 4.98. The van der Waals surface area contributed by atoms with E-state index >= 15 is 0 Å². The van der Waals surface area contributed by atoms with Gasteiger partial charge in [0, 0.05) is 17.5 Å². The molecule has 3 heteroatoms. The van der Waals surface area contributed by atoms with Gasteiger partial charge in [0.05, 0.1) is 13.5 Å². The maximum absolute atomic E-state index is 12.2. The highest BCUT2D eigenvalue weighted by molar-refractivity contribution is 5.71. The molecule has 0 aromatic heterocycles. The Morgan fingerprint density at radius 1 is 0.846 bits per heavy atom. The van der Waals surface area contributed by atoms with Gasteiger partial charge in [-0.2, -0.15) is 0 Å². The molecule has 3 rings (SSSR count). The Morgan fingerprint density at radius 3 is 1.96 bits per heavy atom. The molecule has 2 atom stereocenters. The molecule has 0 unspecified atom stereocenters. The van der Waals surface area contributed by atoms with E-state index in [-0.39, 0.29) is 24.2 Å². The van der Waals surface area contributed by atoms with Crippen LogP contribution in [0.3, 0.4) is 0 Å². The number of hydrogen-bond acceptors (Lipinski definition) is 3. The van der Waals surface area contributed by atoms with E-state index in [1.165, 1.54) is 7.11 Å². The molecule has 0 radical (unpaired) electrons. The van der Waals surface area contributed by atoms with E-state index in [0.29, 0.717) is 0 Å². The highest BCUT2D eigenvalue weighted by Crippen LogP contribution is 2.42. The Labute approximate surface area is 154 Å². The topological polar surface area (TPSA) is 52.3 Å². The van der Waals surface area contributed by atoms with Crippen LogP contribution in [-0.4, -0.2) is 13.1 Å². The minimum atomic E-state index is -0.228. The molecule has 0 aliphatic heterocycles. The Bertz CT molecular complexity index is 846. The highest BCUT2D eigenvalue weighted by atomic mass is 16.5. The van der Waals surface area contributed by atoms with Crippen molar-refractivity contribution in [2.75, 3.05) is 12.8 Å². The quantitative estimate of drug-likeness (QED) is 0.518. The van der Waals surface area contributed by atoms with Gasteiger partial charge in [0.25, 0.3) is 0 Å². The zero-order valence-electron chi connectivity index (χ0n) is 14.8. The zero-order valence-corrected chi connectivity index (χ0v) is 14.8. The van der Waals surface area contributed by atoms with Crippen LogP contribution in [0, 0.1) is 0 Å². The first-order chi connectivity index (χ1) is 12.7. The Morgan fingerprint density at radius 2 is 1.38 bits per heavy atom. The number of anilines is 1. The number of methoxy groups -OCH3 is 1. The van der Waals surface area contributed by atoms with Crippen LogP contribution in [0.2, 0.25) is 0 Å². The number of esters is 1. The second kappa shape index (κ2) is 8.34. The van der Waals surface area contributed by atoms with Gasteiger partial charge in [0.2, 0.25) is 0 Å². The number of hydrogen-bond donors (Lipinski definition) is 1. The molecule has 0 spiro atoms. The molecule has 3 aromatic rings. The molecule has 0 heterocycles. The molecule has 0 aliphatic rings. The molecule has 3 aromatic carbocycles. The largest absolute Gasteiger partial charge is 0.469 e. The molecular formula is C23H23NO2. The molecule has 0 aliphatic carbocycles. The molecule has 3 nitrogen and oxygen atoms in total. The lowest BCUT2D eigenvalue weighted by Crippen LogP contribution is -2.18. The maximum Gasteiger partial charge on any atom is 0.306 e. The van der Waals surface area contributed by atoms with E-state index < -0.39 is 0 Å². The third-order valence-corrected chi connectivity index (χ3v) is 4.73. The van der Waals surface area contributed by atoms with Gasteiger partial charge in [-0.1, -0.05) is 78.9 Å². The second-order valence-corrected chi connectivity index (χ2v) is 6.31. The number of nitrogen functional groups attached to an aromatic ring is 1. The van der Waals surface area contributed by atoms with Crippen molar-refractivity contribution in [1.82, 2.24) is 0 Å². The normalized spacial score (nSPS) is 13.0.